The van der Waals surface area contributed by atoms with Crippen molar-refractivity contribution in [3.63, 3.8) is 0 Å². The van der Waals surface area contributed by atoms with E-state index < -0.39 is 11.9 Å². The molecule has 0 aliphatic heterocycles. The number of alkyl halides is 3. The van der Waals surface area contributed by atoms with Gasteiger partial charge in [0.05, 0.1) is 0 Å². The number of hydrogen-bond acceptors (Lipinski definition) is 5. The highest BCUT2D eigenvalue weighted by molar-refractivity contribution is 5.93. The number of carbonyl (C=O) groups is 1. The fraction of sp³-hybridized carbons (Fsp3) is 0.412. The van der Waals surface area contributed by atoms with Crippen LogP contribution in [0.3, 0.4) is 0 Å². The second-order valence-corrected chi connectivity index (χ2v) is 6.16. The zero-order valence-corrected chi connectivity index (χ0v) is 14.1. The molecule has 1 fully saturated rings. The molecular weight excluding hydrogens is 347 g/mol. The molecule has 1 aliphatic carbocycles. The molecule has 0 bridgehead atoms. The predicted octanol–water partition coefficient (Wildman–Crippen LogP) is 2.75. The smallest absolute Gasteiger partial charge is 0.384 e. The molecule has 0 aromatic carbocycles. The molecule has 9 heteroatoms. The molecule has 0 saturated heterocycles. The van der Waals surface area contributed by atoms with Crippen LogP contribution in [0.5, 0.6) is 0 Å². The molecule has 0 radical (unpaired) electrons. The number of halogens is 3. The summed E-state index contributed by atoms with van der Waals surface area (Å²) >= 11 is 0. The number of hydrogen-bond donors (Lipinski definition) is 2. The lowest BCUT2D eigenvalue weighted by molar-refractivity contribution is -0.141. The third-order valence-electron chi connectivity index (χ3n) is 3.77. The Hall–Kier alpha value is -2.71. The molecule has 6 nitrogen and oxygen atoms in total. The van der Waals surface area contributed by atoms with Crippen LogP contribution < -0.4 is 10.6 Å². The van der Waals surface area contributed by atoms with Crippen LogP contribution in [0, 0.1) is 6.92 Å². The lowest BCUT2D eigenvalue weighted by Gasteiger charge is -2.10. The summed E-state index contributed by atoms with van der Waals surface area (Å²) in [6.07, 6.45) is -0.795. The maximum atomic E-state index is 12.8. The van der Waals surface area contributed by atoms with Gasteiger partial charge in [0.2, 0.25) is 0 Å². The summed E-state index contributed by atoms with van der Waals surface area (Å²) in [5.74, 6) is -0.112. The Balaban J connectivity index is 1.59. The van der Waals surface area contributed by atoms with E-state index in [9.17, 15) is 18.0 Å². The van der Waals surface area contributed by atoms with Crippen molar-refractivity contribution in [2.45, 2.75) is 38.4 Å². The molecule has 0 atom stereocenters. The summed E-state index contributed by atoms with van der Waals surface area (Å²) in [5.41, 5.74) is 0.283. The van der Waals surface area contributed by atoms with E-state index in [1.807, 2.05) is 0 Å². The summed E-state index contributed by atoms with van der Waals surface area (Å²) in [4.78, 5) is 23.6. The van der Waals surface area contributed by atoms with Crippen LogP contribution in [0.15, 0.2) is 24.4 Å². The van der Waals surface area contributed by atoms with Gasteiger partial charge >= 0.3 is 6.18 Å². The first-order valence-corrected chi connectivity index (χ1v) is 8.24. The third-order valence-corrected chi connectivity index (χ3v) is 3.77. The molecule has 138 valence electrons. The lowest BCUT2D eigenvalue weighted by Crippen LogP contribution is -2.26. The Labute approximate surface area is 148 Å². The minimum absolute atomic E-state index is 0.116. The van der Waals surface area contributed by atoms with Gasteiger partial charge in [-0.2, -0.15) is 13.2 Å². The molecule has 0 spiro atoms. The van der Waals surface area contributed by atoms with Crippen LogP contribution in [0.4, 0.5) is 18.9 Å². The molecule has 2 aromatic heterocycles. The first-order valence-electron chi connectivity index (χ1n) is 8.24. The van der Waals surface area contributed by atoms with Crippen LogP contribution in [0.25, 0.3) is 0 Å². The summed E-state index contributed by atoms with van der Waals surface area (Å²) in [6, 6.07) is 4.45. The standard InChI is InChI=1S/C17H18F3N5O/c1-10-8-14(17(18,19)20)25-15(23-10)5-7-21-12-4-6-22-13(9-12)16(26)24-11-2-3-11/h4,6,8-9,11H,2-3,5,7H2,1H3,(H,21,22)(H,24,26). The number of nitrogens with one attached hydrogen (secondary N) is 2. The van der Waals surface area contributed by atoms with E-state index in [1.54, 1.807) is 12.1 Å². The van der Waals surface area contributed by atoms with Crippen molar-refractivity contribution in [2.24, 2.45) is 0 Å². The largest absolute Gasteiger partial charge is 0.433 e. The number of anilines is 1. The summed E-state index contributed by atoms with van der Waals surface area (Å²) in [5, 5.41) is 5.90. The minimum atomic E-state index is -4.50. The molecule has 1 amide bonds. The van der Waals surface area contributed by atoms with Gasteiger partial charge in [-0.05, 0) is 38.0 Å². The van der Waals surface area contributed by atoms with Gasteiger partial charge in [-0.3, -0.25) is 9.78 Å². The zero-order chi connectivity index (χ0) is 18.7. The third kappa shape index (κ3) is 4.90. The number of nitrogens with zero attached hydrogens (tertiary/aromatic N) is 3. The Morgan fingerprint density at radius 3 is 2.73 bits per heavy atom. The number of pyridine rings is 1. The van der Waals surface area contributed by atoms with E-state index in [2.05, 4.69) is 25.6 Å². The van der Waals surface area contributed by atoms with Crippen molar-refractivity contribution in [2.75, 3.05) is 11.9 Å². The van der Waals surface area contributed by atoms with Crippen molar-refractivity contribution in [3.05, 3.63) is 47.3 Å². The highest BCUT2D eigenvalue weighted by atomic mass is 19.4. The van der Waals surface area contributed by atoms with Crippen molar-refractivity contribution < 1.29 is 18.0 Å². The first kappa shape index (κ1) is 18.1. The van der Waals surface area contributed by atoms with Crippen LogP contribution in [0.2, 0.25) is 0 Å². The summed E-state index contributed by atoms with van der Waals surface area (Å²) in [7, 11) is 0. The molecule has 1 saturated carbocycles. The number of aromatic nitrogens is 3. The van der Waals surface area contributed by atoms with Gasteiger partial charge in [-0.1, -0.05) is 0 Å². The minimum Gasteiger partial charge on any atom is -0.384 e. The molecule has 2 N–H and O–H groups in total. The van der Waals surface area contributed by atoms with E-state index in [0.29, 0.717) is 17.9 Å². The normalized spacial score (nSPS) is 14.2. The predicted molar refractivity (Wildman–Crippen MR) is 88.7 cm³/mol. The van der Waals surface area contributed by atoms with Gasteiger partial charge in [0, 0.05) is 36.6 Å². The topological polar surface area (TPSA) is 79.8 Å². The quantitative estimate of drug-likeness (QED) is 0.823. The van der Waals surface area contributed by atoms with Gasteiger partial charge in [0.25, 0.3) is 5.91 Å². The van der Waals surface area contributed by atoms with E-state index in [1.165, 1.54) is 13.1 Å². The number of amides is 1. The molecule has 2 heterocycles. The molecule has 26 heavy (non-hydrogen) atoms. The Bertz CT molecular complexity index is 805. The van der Waals surface area contributed by atoms with Gasteiger partial charge in [-0.25, -0.2) is 9.97 Å². The summed E-state index contributed by atoms with van der Waals surface area (Å²) < 4.78 is 38.4. The second kappa shape index (κ2) is 7.27. The fourth-order valence-corrected chi connectivity index (χ4v) is 2.36. The van der Waals surface area contributed by atoms with Crippen LogP contribution in [-0.2, 0) is 12.6 Å². The van der Waals surface area contributed by atoms with Gasteiger partial charge in [-0.15, -0.1) is 0 Å². The van der Waals surface area contributed by atoms with Crippen LogP contribution in [-0.4, -0.2) is 33.4 Å². The lowest BCUT2D eigenvalue weighted by atomic mass is 10.2. The number of aryl methyl sites for hydroxylation is 1. The monoisotopic (exact) mass is 365 g/mol. The highest BCUT2D eigenvalue weighted by Crippen LogP contribution is 2.27. The highest BCUT2D eigenvalue weighted by Gasteiger charge is 2.33. The van der Waals surface area contributed by atoms with Gasteiger partial charge < -0.3 is 10.6 Å². The maximum absolute atomic E-state index is 12.8. The average Bonchev–Trinajstić information content (AvgIpc) is 3.38. The Morgan fingerprint density at radius 1 is 1.27 bits per heavy atom. The summed E-state index contributed by atoms with van der Waals surface area (Å²) in [6.45, 7) is 1.83. The maximum Gasteiger partial charge on any atom is 0.433 e. The van der Waals surface area contributed by atoms with Gasteiger partial charge in [0.15, 0.2) is 0 Å². The van der Waals surface area contributed by atoms with Crippen molar-refractivity contribution in [1.82, 2.24) is 20.3 Å². The Morgan fingerprint density at radius 2 is 2.04 bits per heavy atom. The average molecular weight is 365 g/mol. The molecule has 1 aliphatic rings. The Kier molecular flexibility index (Phi) is 5.06. The van der Waals surface area contributed by atoms with Gasteiger partial charge in [0.1, 0.15) is 17.2 Å². The second-order valence-electron chi connectivity index (χ2n) is 6.16. The number of rotatable bonds is 6. The molecule has 0 unspecified atom stereocenters. The van der Waals surface area contributed by atoms with Crippen LogP contribution in [0.1, 0.15) is 40.5 Å². The van der Waals surface area contributed by atoms with Crippen molar-refractivity contribution in [3.8, 4) is 0 Å². The van der Waals surface area contributed by atoms with E-state index in [-0.39, 0.29) is 29.9 Å². The number of carbonyl (C=O) groups excluding carboxylic acids is 1. The van der Waals surface area contributed by atoms with Crippen molar-refractivity contribution >= 4 is 11.6 Å². The molecule has 3 rings (SSSR count). The van der Waals surface area contributed by atoms with Crippen molar-refractivity contribution in [1.29, 1.82) is 0 Å². The fourth-order valence-electron chi connectivity index (χ4n) is 2.36. The first-order chi connectivity index (χ1) is 12.3. The zero-order valence-electron chi connectivity index (χ0n) is 14.1. The van der Waals surface area contributed by atoms with E-state index >= 15 is 0 Å². The van der Waals surface area contributed by atoms with Crippen LogP contribution >= 0.6 is 0 Å². The van der Waals surface area contributed by atoms with E-state index in [4.69, 9.17) is 0 Å². The van der Waals surface area contributed by atoms with E-state index in [0.717, 1.165) is 18.9 Å². The molecule has 2 aromatic rings. The molecular formula is C17H18F3N5O. The SMILES string of the molecule is Cc1cc(C(F)(F)F)nc(CCNc2ccnc(C(=O)NC3CC3)c2)n1.